The van der Waals surface area contributed by atoms with E-state index in [1.165, 1.54) is 10.8 Å². The Balaban J connectivity index is 1.92. The molecule has 1 fully saturated rings. The van der Waals surface area contributed by atoms with Gasteiger partial charge < -0.3 is 10.6 Å². The molecule has 1 aliphatic rings. The maximum atomic E-state index is 6.10. The molecule has 0 atom stereocenters. The maximum absolute atomic E-state index is 6.10. The number of aromatic nitrogens is 1. The number of hydrogen-bond acceptors (Lipinski definition) is 5. The Morgan fingerprint density at radius 1 is 1.15 bits per heavy atom. The fourth-order valence-electron chi connectivity index (χ4n) is 2.43. The lowest BCUT2D eigenvalue weighted by atomic mass is 9.93. The van der Waals surface area contributed by atoms with Crippen molar-refractivity contribution in [1.29, 1.82) is 0 Å². The van der Waals surface area contributed by atoms with Gasteiger partial charge in [0.1, 0.15) is 0 Å². The minimum absolute atomic E-state index is 0.108. The molecule has 0 unspecified atom stereocenters. The number of piperazine rings is 1. The lowest BCUT2D eigenvalue weighted by Gasteiger charge is -2.37. The van der Waals surface area contributed by atoms with Crippen LogP contribution in [0.1, 0.15) is 40.3 Å². The monoisotopic (exact) mass is 296 g/mol. The van der Waals surface area contributed by atoms with E-state index in [0.29, 0.717) is 0 Å². The largest absolute Gasteiger partial charge is 0.346 e. The van der Waals surface area contributed by atoms with Crippen LogP contribution in [0.4, 0.5) is 5.13 Å². The highest BCUT2D eigenvalue weighted by atomic mass is 32.1. The molecule has 4 nitrogen and oxygen atoms in total. The lowest BCUT2D eigenvalue weighted by molar-refractivity contribution is 0.214. The van der Waals surface area contributed by atoms with Crippen molar-refractivity contribution in [1.82, 2.24) is 9.88 Å². The lowest BCUT2D eigenvalue weighted by Crippen LogP contribution is -2.53. The molecule has 0 aromatic carbocycles. The highest BCUT2D eigenvalue weighted by molar-refractivity contribution is 7.13. The molecule has 2 N–H and O–H groups in total. The molecule has 0 bridgehead atoms. The summed E-state index contributed by atoms with van der Waals surface area (Å²) in [5.74, 6) is 0. The molecule has 1 aromatic rings. The Hall–Kier alpha value is -0.650. The van der Waals surface area contributed by atoms with Crippen molar-refractivity contribution in [2.75, 3.05) is 37.6 Å². The normalized spacial score (nSPS) is 18.6. The summed E-state index contributed by atoms with van der Waals surface area (Å²) in [5.41, 5.74) is 7.33. The van der Waals surface area contributed by atoms with Crippen LogP contribution >= 0.6 is 11.3 Å². The van der Waals surface area contributed by atoms with Crippen molar-refractivity contribution in [3.05, 3.63) is 11.1 Å². The second-order valence-electron chi connectivity index (χ2n) is 7.52. The van der Waals surface area contributed by atoms with E-state index >= 15 is 0 Å². The van der Waals surface area contributed by atoms with E-state index in [4.69, 9.17) is 10.7 Å². The summed E-state index contributed by atoms with van der Waals surface area (Å²) in [5, 5.41) is 3.37. The zero-order chi connectivity index (χ0) is 15.0. The van der Waals surface area contributed by atoms with E-state index in [2.05, 4.69) is 49.8 Å². The average Bonchev–Trinajstić information content (AvgIpc) is 2.76. The molecule has 2 rings (SSSR count). The summed E-state index contributed by atoms with van der Waals surface area (Å²) in [6.07, 6.45) is 0. The first-order chi connectivity index (χ1) is 9.15. The van der Waals surface area contributed by atoms with Crippen molar-refractivity contribution in [3.63, 3.8) is 0 Å². The van der Waals surface area contributed by atoms with Crippen LogP contribution in [0.3, 0.4) is 0 Å². The molecule has 0 radical (unpaired) electrons. The van der Waals surface area contributed by atoms with Gasteiger partial charge in [0.2, 0.25) is 0 Å². The number of nitrogens with zero attached hydrogens (tertiary/aromatic N) is 3. The zero-order valence-electron chi connectivity index (χ0n) is 13.4. The van der Waals surface area contributed by atoms with Gasteiger partial charge in [0.15, 0.2) is 5.13 Å². The predicted octanol–water partition coefficient (Wildman–Crippen LogP) is 2.30. The average molecular weight is 296 g/mol. The number of thiazole rings is 1. The number of nitrogens with two attached hydrogens (primary N) is 1. The van der Waals surface area contributed by atoms with E-state index < -0.39 is 0 Å². The van der Waals surface area contributed by atoms with Crippen LogP contribution in [0.15, 0.2) is 5.38 Å². The summed E-state index contributed by atoms with van der Waals surface area (Å²) in [7, 11) is 0. The Labute approximate surface area is 127 Å². The smallest absolute Gasteiger partial charge is 0.185 e. The topological polar surface area (TPSA) is 45.4 Å². The van der Waals surface area contributed by atoms with E-state index in [1.807, 2.05) is 0 Å². The van der Waals surface area contributed by atoms with Crippen molar-refractivity contribution in [3.8, 4) is 0 Å². The second-order valence-corrected chi connectivity index (χ2v) is 8.35. The quantitative estimate of drug-likeness (QED) is 0.929. The maximum Gasteiger partial charge on any atom is 0.185 e. The molecule has 1 saturated heterocycles. The molecular formula is C15H28N4S. The van der Waals surface area contributed by atoms with E-state index in [9.17, 15) is 0 Å². The molecule has 20 heavy (non-hydrogen) atoms. The summed E-state index contributed by atoms with van der Waals surface area (Å²) in [6, 6.07) is 0. The predicted molar refractivity (Wildman–Crippen MR) is 87.7 cm³/mol. The fourth-order valence-corrected chi connectivity index (χ4v) is 3.53. The van der Waals surface area contributed by atoms with Crippen LogP contribution in [0.25, 0.3) is 0 Å². The first kappa shape index (κ1) is 15.7. The molecular weight excluding hydrogens is 268 g/mol. The van der Waals surface area contributed by atoms with Crippen LogP contribution in [-0.4, -0.2) is 48.1 Å². The van der Waals surface area contributed by atoms with Crippen molar-refractivity contribution in [2.45, 2.75) is 45.6 Å². The molecule has 1 aliphatic heterocycles. The molecule has 0 amide bonds. The van der Waals surface area contributed by atoms with Crippen molar-refractivity contribution < 1.29 is 0 Å². The number of rotatable bonds is 3. The molecule has 114 valence electrons. The minimum Gasteiger partial charge on any atom is -0.346 e. The Bertz CT molecular complexity index is 433. The molecule has 2 heterocycles. The molecule has 0 aliphatic carbocycles. The summed E-state index contributed by atoms with van der Waals surface area (Å²) < 4.78 is 0. The van der Waals surface area contributed by atoms with Crippen LogP contribution in [0, 0.1) is 0 Å². The molecule has 0 saturated carbocycles. The minimum atomic E-state index is -0.108. The Kier molecular flexibility index (Phi) is 4.42. The van der Waals surface area contributed by atoms with Gasteiger partial charge in [0.25, 0.3) is 0 Å². The zero-order valence-corrected chi connectivity index (χ0v) is 14.3. The first-order valence-corrected chi connectivity index (χ1v) is 8.25. The van der Waals surface area contributed by atoms with E-state index in [1.54, 1.807) is 11.3 Å². The highest BCUT2D eigenvalue weighted by Gasteiger charge is 2.24. The third-order valence-corrected chi connectivity index (χ3v) is 4.44. The van der Waals surface area contributed by atoms with Gasteiger partial charge in [-0.2, -0.15) is 0 Å². The van der Waals surface area contributed by atoms with Crippen molar-refractivity contribution >= 4 is 16.5 Å². The van der Waals surface area contributed by atoms with Gasteiger partial charge >= 0.3 is 0 Å². The summed E-state index contributed by atoms with van der Waals surface area (Å²) >= 11 is 1.77. The second kappa shape index (κ2) is 5.62. The van der Waals surface area contributed by atoms with E-state index in [0.717, 1.165) is 32.7 Å². The first-order valence-electron chi connectivity index (χ1n) is 7.37. The third kappa shape index (κ3) is 4.17. The van der Waals surface area contributed by atoms with Crippen molar-refractivity contribution in [2.24, 2.45) is 5.73 Å². The molecule has 0 spiro atoms. The van der Waals surface area contributed by atoms with Gasteiger partial charge in [-0.25, -0.2) is 4.98 Å². The SMILES string of the molecule is CC(C)(N)CN1CCN(c2nc(C(C)(C)C)cs2)CC1. The van der Waals surface area contributed by atoms with Gasteiger partial charge in [-0.05, 0) is 13.8 Å². The van der Waals surface area contributed by atoms with Crippen LogP contribution in [0.2, 0.25) is 0 Å². The van der Waals surface area contributed by atoms with Crippen LogP contribution < -0.4 is 10.6 Å². The number of anilines is 1. The standard InChI is InChI=1S/C15H28N4S/c1-14(2,3)12-10-20-13(17-12)19-8-6-18(7-9-19)11-15(4,5)16/h10H,6-9,11,16H2,1-5H3. The summed E-state index contributed by atoms with van der Waals surface area (Å²) in [6.45, 7) is 16.0. The van der Waals surface area contributed by atoms with E-state index in [-0.39, 0.29) is 11.0 Å². The Morgan fingerprint density at radius 2 is 1.75 bits per heavy atom. The van der Waals surface area contributed by atoms with Gasteiger partial charge in [-0.3, -0.25) is 4.90 Å². The fraction of sp³-hybridized carbons (Fsp3) is 0.800. The highest BCUT2D eigenvalue weighted by Crippen LogP contribution is 2.29. The number of hydrogen-bond donors (Lipinski definition) is 1. The van der Waals surface area contributed by atoms with Gasteiger partial charge in [-0.15, -0.1) is 11.3 Å². The molecule has 1 aromatic heterocycles. The molecule has 5 heteroatoms. The van der Waals surface area contributed by atoms with Gasteiger partial charge in [-0.1, -0.05) is 20.8 Å². The third-order valence-electron chi connectivity index (χ3n) is 3.53. The van der Waals surface area contributed by atoms with Crippen LogP contribution in [0.5, 0.6) is 0 Å². The van der Waals surface area contributed by atoms with Crippen LogP contribution in [-0.2, 0) is 5.41 Å². The summed E-state index contributed by atoms with van der Waals surface area (Å²) in [4.78, 5) is 9.66. The van der Waals surface area contributed by atoms with Gasteiger partial charge in [0.05, 0.1) is 5.69 Å². The van der Waals surface area contributed by atoms with Gasteiger partial charge in [0, 0.05) is 49.1 Å². The Morgan fingerprint density at radius 3 is 2.20 bits per heavy atom.